The molecule has 0 saturated carbocycles. The zero-order valence-corrected chi connectivity index (χ0v) is 8.21. The molecular formula is C10H16N2O. The highest BCUT2D eigenvalue weighted by Gasteiger charge is 2.00. The fourth-order valence-corrected chi connectivity index (χ4v) is 0.902. The molecule has 0 unspecified atom stereocenters. The van der Waals surface area contributed by atoms with Crippen molar-refractivity contribution < 1.29 is 4.79 Å². The van der Waals surface area contributed by atoms with E-state index in [0.717, 1.165) is 5.57 Å². The van der Waals surface area contributed by atoms with E-state index in [9.17, 15) is 4.79 Å². The quantitative estimate of drug-likeness (QED) is 0.500. The van der Waals surface area contributed by atoms with Crippen molar-refractivity contribution in [3.63, 3.8) is 0 Å². The Morgan fingerprint density at radius 2 is 2.08 bits per heavy atom. The highest BCUT2D eigenvalue weighted by atomic mass is 16.1. The van der Waals surface area contributed by atoms with Crippen LogP contribution in [-0.4, -0.2) is 31.4 Å². The van der Waals surface area contributed by atoms with Crippen molar-refractivity contribution in [3.05, 3.63) is 36.5 Å². The third kappa shape index (κ3) is 4.98. The lowest BCUT2D eigenvalue weighted by atomic mass is 10.1. The Hall–Kier alpha value is -1.35. The van der Waals surface area contributed by atoms with Crippen LogP contribution in [0.1, 0.15) is 0 Å². The van der Waals surface area contributed by atoms with Crippen LogP contribution in [0.25, 0.3) is 0 Å². The van der Waals surface area contributed by atoms with Crippen LogP contribution < -0.4 is 5.73 Å². The molecule has 0 saturated heterocycles. The summed E-state index contributed by atoms with van der Waals surface area (Å²) in [7, 11) is 3.85. The van der Waals surface area contributed by atoms with Gasteiger partial charge in [-0.2, -0.15) is 0 Å². The first-order valence-electron chi connectivity index (χ1n) is 3.93. The first kappa shape index (κ1) is 11.6. The number of primary amides is 1. The average Bonchev–Trinajstić information content (AvgIpc) is 1.98. The molecule has 0 heterocycles. The summed E-state index contributed by atoms with van der Waals surface area (Å²) in [6.07, 6.45) is 3.08. The molecule has 0 aromatic carbocycles. The molecule has 2 N–H and O–H groups in total. The third-order valence-electron chi connectivity index (χ3n) is 1.38. The topological polar surface area (TPSA) is 46.3 Å². The van der Waals surface area contributed by atoms with Crippen molar-refractivity contribution in [2.24, 2.45) is 5.73 Å². The molecule has 0 atom stereocenters. The van der Waals surface area contributed by atoms with E-state index in [2.05, 4.69) is 13.2 Å². The summed E-state index contributed by atoms with van der Waals surface area (Å²) in [6, 6.07) is 0. The number of nitrogens with two attached hydrogens (primary N) is 1. The summed E-state index contributed by atoms with van der Waals surface area (Å²) in [5, 5.41) is 0. The number of nitrogens with zero attached hydrogens (tertiary/aromatic N) is 1. The highest BCUT2D eigenvalue weighted by molar-refractivity contribution is 5.95. The summed E-state index contributed by atoms with van der Waals surface area (Å²) < 4.78 is 0. The molecule has 0 aromatic heterocycles. The Balaban J connectivity index is 4.43. The molecule has 1 amide bonds. The maximum Gasteiger partial charge on any atom is 0.248 e. The molecule has 3 heteroatoms. The molecule has 13 heavy (non-hydrogen) atoms. The van der Waals surface area contributed by atoms with Gasteiger partial charge in [0.2, 0.25) is 5.91 Å². The maximum absolute atomic E-state index is 10.8. The van der Waals surface area contributed by atoms with E-state index in [1.165, 1.54) is 6.08 Å². The number of rotatable bonds is 5. The monoisotopic (exact) mass is 180 g/mol. The number of amides is 1. The molecule has 0 radical (unpaired) electrons. The summed E-state index contributed by atoms with van der Waals surface area (Å²) in [5.74, 6) is -0.477. The largest absolute Gasteiger partial charge is 0.366 e. The van der Waals surface area contributed by atoms with Gasteiger partial charge in [-0.3, -0.25) is 4.79 Å². The van der Waals surface area contributed by atoms with Gasteiger partial charge in [0.15, 0.2) is 0 Å². The highest BCUT2D eigenvalue weighted by Crippen LogP contribution is 2.02. The predicted octanol–water partition coefficient (Wildman–Crippen LogP) is 0.702. The van der Waals surface area contributed by atoms with Crippen molar-refractivity contribution in [1.29, 1.82) is 0 Å². The second-order valence-corrected chi connectivity index (χ2v) is 3.06. The van der Waals surface area contributed by atoms with Crippen molar-refractivity contribution in [2.75, 3.05) is 20.6 Å². The van der Waals surface area contributed by atoms with E-state index >= 15 is 0 Å². The first-order valence-corrected chi connectivity index (χ1v) is 3.93. The van der Waals surface area contributed by atoms with Crippen LogP contribution in [0.5, 0.6) is 0 Å². The zero-order chi connectivity index (χ0) is 10.4. The van der Waals surface area contributed by atoms with E-state index in [1.54, 1.807) is 6.08 Å². The molecule has 0 rings (SSSR count). The molecule has 72 valence electrons. The zero-order valence-electron chi connectivity index (χ0n) is 8.21. The molecule has 0 aliphatic rings. The number of carbonyl (C=O) groups is 1. The van der Waals surface area contributed by atoms with Gasteiger partial charge in [-0.15, -0.1) is 0 Å². The summed E-state index contributed by atoms with van der Waals surface area (Å²) in [5.41, 5.74) is 6.32. The first-order chi connectivity index (χ1) is 5.97. The van der Waals surface area contributed by atoms with Crippen molar-refractivity contribution in [1.82, 2.24) is 4.90 Å². The van der Waals surface area contributed by atoms with Gasteiger partial charge in [0, 0.05) is 12.1 Å². The van der Waals surface area contributed by atoms with E-state index < -0.39 is 5.91 Å². The van der Waals surface area contributed by atoms with Gasteiger partial charge >= 0.3 is 0 Å². The predicted molar refractivity (Wildman–Crippen MR) is 55.2 cm³/mol. The standard InChI is InChI=1S/C10H16N2O/c1-5-9(10(11)13)6-8(2)7-12(3)4/h5-6H,1-2,7H2,3-4H3,(H2,11,13)/b9-6+. The Kier molecular flexibility index (Phi) is 4.77. The van der Waals surface area contributed by atoms with Gasteiger partial charge in [-0.1, -0.05) is 19.2 Å². The molecule has 0 fully saturated rings. The van der Waals surface area contributed by atoms with Crippen molar-refractivity contribution >= 4 is 5.91 Å². The number of likely N-dealkylation sites (N-methyl/N-ethyl adjacent to an activating group) is 1. The lowest BCUT2D eigenvalue weighted by Crippen LogP contribution is -2.16. The number of carbonyl (C=O) groups excluding carboxylic acids is 1. The summed E-state index contributed by atoms with van der Waals surface area (Å²) in [4.78, 5) is 12.7. The van der Waals surface area contributed by atoms with Crippen LogP contribution in [0.15, 0.2) is 36.5 Å². The van der Waals surface area contributed by atoms with Gasteiger partial charge in [0.1, 0.15) is 0 Å². The van der Waals surface area contributed by atoms with Crippen LogP contribution in [-0.2, 0) is 4.79 Å². The lowest BCUT2D eigenvalue weighted by Gasteiger charge is -2.09. The second-order valence-electron chi connectivity index (χ2n) is 3.06. The van der Waals surface area contributed by atoms with Crippen molar-refractivity contribution in [3.8, 4) is 0 Å². The number of hydrogen-bond donors (Lipinski definition) is 1. The lowest BCUT2D eigenvalue weighted by molar-refractivity contribution is -0.114. The molecule has 0 aromatic rings. The molecule has 0 aliphatic heterocycles. The fourth-order valence-electron chi connectivity index (χ4n) is 0.902. The minimum atomic E-state index is -0.477. The van der Waals surface area contributed by atoms with Gasteiger partial charge in [0.25, 0.3) is 0 Å². The van der Waals surface area contributed by atoms with Gasteiger partial charge in [-0.25, -0.2) is 0 Å². The summed E-state index contributed by atoms with van der Waals surface area (Å²) >= 11 is 0. The minimum Gasteiger partial charge on any atom is -0.366 e. The van der Waals surface area contributed by atoms with Crippen LogP contribution in [0, 0.1) is 0 Å². The number of hydrogen-bond acceptors (Lipinski definition) is 2. The Labute approximate surface area is 79.2 Å². The average molecular weight is 180 g/mol. The van der Waals surface area contributed by atoms with Crippen LogP contribution in [0.3, 0.4) is 0 Å². The normalized spacial score (nSPS) is 11.5. The molecule has 0 spiro atoms. The maximum atomic E-state index is 10.8. The van der Waals surface area contributed by atoms with Crippen LogP contribution >= 0.6 is 0 Å². The Bertz CT molecular complexity index is 252. The molecule has 0 aliphatic carbocycles. The van der Waals surface area contributed by atoms with E-state index in [0.29, 0.717) is 12.1 Å². The minimum absolute atomic E-state index is 0.395. The molecular weight excluding hydrogens is 164 g/mol. The molecule has 3 nitrogen and oxygen atoms in total. The smallest absolute Gasteiger partial charge is 0.248 e. The Morgan fingerprint density at radius 3 is 2.38 bits per heavy atom. The SMILES string of the molecule is C=C/C(=C\C(=C)CN(C)C)C(N)=O. The van der Waals surface area contributed by atoms with Gasteiger partial charge < -0.3 is 10.6 Å². The third-order valence-corrected chi connectivity index (χ3v) is 1.38. The van der Waals surface area contributed by atoms with E-state index in [4.69, 9.17) is 5.73 Å². The van der Waals surface area contributed by atoms with Gasteiger partial charge in [0.05, 0.1) is 0 Å². The molecule has 0 bridgehead atoms. The van der Waals surface area contributed by atoms with Crippen LogP contribution in [0.4, 0.5) is 0 Å². The fraction of sp³-hybridized carbons (Fsp3) is 0.300. The van der Waals surface area contributed by atoms with E-state index in [1.807, 2.05) is 19.0 Å². The van der Waals surface area contributed by atoms with E-state index in [-0.39, 0.29) is 0 Å². The second kappa shape index (κ2) is 5.32. The van der Waals surface area contributed by atoms with Crippen molar-refractivity contribution in [2.45, 2.75) is 0 Å². The van der Waals surface area contributed by atoms with Gasteiger partial charge in [-0.05, 0) is 25.7 Å². The summed E-state index contributed by atoms with van der Waals surface area (Å²) in [6.45, 7) is 7.98. The Morgan fingerprint density at radius 1 is 1.54 bits per heavy atom. The van der Waals surface area contributed by atoms with Crippen LogP contribution in [0.2, 0.25) is 0 Å².